The van der Waals surface area contributed by atoms with Crippen LogP contribution < -0.4 is 10.6 Å². The molecule has 26 heavy (non-hydrogen) atoms. The molecule has 0 radical (unpaired) electrons. The molecule has 3 N–H and O–H groups in total. The van der Waals surface area contributed by atoms with Gasteiger partial charge in [0.15, 0.2) is 0 Å². The molecule has 0 aromatic heterocycles. The van der Waals surface area contributed by atoms with Crippen molar-refractivity contribution in [2.75, 3.05) is 17.2 Å². The number of aromatic carboxylic acids is 1. The highest BCUT2D eigenvalue weighted by Gasteiger charge is 2.23. The van der Waals surface area contributed by atoms with Gasteiger partial charge in [0.25, 0.3) is 11.8 Å². The van der Waals surface area contributed by atoms with Crippen molar-refractivity contribution in [3.8, 4) is 0 Å². The number of nitrogens with one attached hydrogen (secondary N) is 2. The molecule has 0 unspecified atom stereocenters. The first-order chi connectivity index (χ1) is 12.5. The van der Waals surface area contributed by atoms with Crippen LogP contribution in [0.3, 0.4) is 0 Å². The number of carboxylic acids is 1. The predicted octanol–water partition coefficient (Wildman–Crippen LogP) is 2.75. The number of ether oxygens (including phenoxy) is 1. The summed E-state index contributed by atoms with van der Waals surface area (Å²) in [4.78, 5) is 35.4. The molecule has 1 aliphatic rings. The second kappa shape index (κ2) is 7.79. The highest BCUT2D eigenvalue weighted by Crippen LogP contribution is 2.19. The van der Waals surface area contributed by atoms with Crippen molar-refractivity contribution in [1.82, 2.24) is 0 Å². The zero-order chi connectivity index (χ0) is 18.5. The topological polar surface area (TPSA) is 105 Å². The Labute approximate surface area is 150 Å². The van der Waals surface area contributed by atoms with Crippen LogP contribution in [0.1, 0.15) is 33.6 Å². The Morgan fingerprint density at radius 1 is 0.962 bits per heavy atom. The third kappa shape index (κ3) is 4.25. The summed E-state index contributed by atoms with van der Waals surface area (Å²) in [6, 6.07) is 12.5. The first kappa shape index (κ1) is 17.6. The summed E-state index contributed by atoms with van der Waals surface area (Å²) in [5.74, 6) is -1.74. The van der Waals surface area contributed by atoms with Gasteiger partial charge in [0.1, 0.15) is 6.10 Å². The quantitative estimate of drug-likeness (QED) is 0.766. The van der Waals surface area contributed by atoms with E-state index in [-0.39, 0.29) is 17.0 Å². The van der Waals surface area contributed by atoms with Crippen LogP contribution in [0.2, 0.25) is 0 Å². The molecule has 2 aromatic rings. The molecule has 7 heteroatoms. The molecule has 1 atom stereocenters. The van der Waals surface area contributed by atoms with Crippen molar-refractivity contribution in [1.29, 1.82) is 0 Å². The third-order valence-electron chi connectivity index (χ3n) is 3.98. The van der Waals surface area contributed by atoms with Gasteiger partial charge in [0.05, 0.1) is 5.56 Å². The first-order valence-corrected chi connectivity index (χ1v) is 8.20. The third-order valence-corrected chi connectivity index (χ3v) is 3.98. The average molecular weight is 354 g/mol. The Morgan fingerprint density at radius 3 is 2.35 bits per heavy atom. The SMILES string of the molecule is O=C(O)c1cccc(C(=O)Nc2cccc(NC(=O)[C@H]3CCCO3)c2)c1. The van der Waals surface area contributed by atoms with Crippen molar-refractivity contribution in [2.45, 2.75) is 18.9 Å². The predicted molar refractivity (Wildman–Crippen MR) is 95.4 cm³/mol. The zero-order valence-electron chi connectivity index (χ0n) is 13.9. The number of benzene rings is 2. The van der Waals surface area contributed by atoms with Crippen LogP contribution in [-0.2, 0) is 9.53 Å². The van der Waals surface area contributed by atoms with Gasteiger partial charge in [-0.2, -0.15) is 0 Å². The molecule has 1 saturated heterocycles. The van der Waals surface area contributed by atoms with Gasteiger partial charge in [-0.25, -0.2) is 4.79 Å². The highest BCUT2D eigenvalue weighted by atomic mass is 16.5. The van der Waals surface area contributed by atoms with Crippen LogP contribution in [-0.4, -0.2) is 35.6 Å². The van der Waals surface area contributed by atoms with E-state index in [1.54, 1.807) is 24.3 Å². The van der Waals surface area contributed by atoms with Crippen LogP contribution >= 0.6 is 0 Å². The maximum atomic E-state index is 12.3. The van der Waals surface area contributed by atoms with Gasteiger partial charge in [-0.15, -0.1) is 0 Å². The number of carboxylic acid groups (broad SMARTS) is 1. The van der Waals surface area contributed by atoms with Crippen molar-refractivity contribution < 1.29 is 24.2 Å². The molecule has 7 nitrogen and oxygen atoms in total. The summed E-state index contributed by atoms with van der Waals surface area (Å²) in [7, 11) is 0. The van der Waals surface area contributed by atoms with Gasteiger partial charge in [0.2, 0.25) is 0 Å². The van der Waals surface area contributed by atoms with E-state index in [1.807, 2.05) is 0 Å². The van der Waals surface area contributed by atoms with E-state index in [0.29, 0.717) is 24.4 Å². The molecule has 1 heterocycles. The number of carbonyl (C=O) groups is 3. The Morgan fingerprint density at radius 2 is 1.65 bits per heavy atom. The van der Waals surface area contributed by atoms with Gasteiger partial charge >= 0.3 is 5.97 Å². The fraction of sp³-hybridized carbons (Fsp3) is 0.211. The Balaban J connectivity index is 1.68. The van der Waals surface area contributed by atoms with Gasteiger partial charge in [-0.05, 0) is 49.2 Å². The average Bonchev–Trinajstić information content (AvgIpc) is 3.17. The number of anilines is 2. The maximum absolute atomic E-state index is 12.3. The molecule has 3 rings (SSSR count). The maximum Gasteiger partial charge on any atom is 0.335 e. The van der Waals surface area contributed by atoms with Gasteiger partial charge in [-0.1, -0.05) is 12.1 Å². The van der Waals surface area contributed by atoms with Crippen molar-refractivity contribution in [3.05, 3.63) is 59.7 Å². The van der Waals surface area contributed by atoms with Gasteiger partial charge in [-0.3, -0.25) is 9.59 Å². The molecule has 134 valence electrons. The molecular weight excluding hydrogens is 336 g/mol. The van der Waals surface area contributed by atoms with Crippen LogP contribution in [0.15, 0.2) is 48.5 Å². The molecular formula is C19H18N2O5. The lowest BCUT2D eigenvalue weighted by Gasteiger charge is -2.12. The standard InChI is InChI=1S/C19H18N2O5/c22-17(12-4-1-5-13(10-12)19(24)25)20-14-6-2-7-15(11-14)21-18(23)16-8-3-9-26-16/h1-2,4-7,10-11,16H,3,8-9H2,(H,20,22)(H,21,23)(H,24,25)/t16-/m1/s1. The van der Waals surface area contributed by atoms with E-state index in [4.69, 9.17) is 9.84 Å². The molecule has 1 aliphatic heterocycles. The van der Waals surface area contributed by atoms with E-state index >= 15 is 0 Å². The molecule has 1 fully saturated rings. The smallest absolute Gasteiger partial charge is 0.335 e. The Hall–Kier alpha value is -3.19. The summed E-state index contributed by atoms with van der Waals surface area (Å²) in [6.45, 7) is 0.587. The lowest BCUT2D eigenvalue weighted by molar-refractivity contribution is -0.124. The summed E-state index contributed by atoms with van der Waals surface area (Å²) >= 11 is 0. The minimum absolute atomic E-state index is 0.0372. The van der Waals surface area contributed by atoms with E-state index in [2.05, 4.69) is 10.6 Å². The van der Waals surface area contributed by atoms with Gasteiger partial charge < -0.3 is 20.5 Å². The fourth-order valence-corrected chi connectivity index (χ4v) is 2.68. The normalized spacial score (nSPS) is 16.1. The minimum atomic E-state index is -1.10. The molecule has 0 spiro atoms. The number of hydrogen-bond acceptors (Lipinski definition) is 4. The number of rotatable bonds is 5. The first-order valence-electron chi connectivity index (χ1n) is 8.20. The van der Waals surface area contributed by atoms with Crippen LogP contribution in [0.5, 0.6) is 0 Å². The van der Waals surface area contributed by atoms with Crippen LogP contribution in [0, 0.1) is 0 Å². The molecule has 0 bridgehead atoms. The molecule has 2 amide bonds. The highest BCUT2D eigenvalue weighted by molar-refractivity contribution is 6.06. The van der Waals surface area contributed by atoms with Crippen LogP contribution in [0.25, 0.3) is 0 Å². The zero-order valence-corrected chi connectivity index (χ0v) is 13.9. The number of hydrogen-bond donors (Lipinski definition) is 3. The molecule has 0 aliphatic carbocycles. The van der Waals surface area contributed by atoms with E-state index in [0.717, 1.165) is 6.42 Å². The molecule has 2 aromatic carbocycles. The van der Waals surface area contributed by atoms with Gasteiger partial charge in [0, 0.05) is 23.5 Å². The summed E-state index contributed by atoms with van der Waals surface area (Å²) < 4.78 is 5.34. The minimum Gasteiger partial charge on any atom is -0.478 e. The van der Waals surface area contributed by atoms with Crippen molar-refractivity contribution in [2.24, 2.45) is 0 Å². The number of amides is 2. The number of carbonyl (C=O) groups excluding carboxylic acids is 2. The van der Waals surface area contributed by atoms with E-state index < -0.39 is 18.0 Å². The Kier molecular flexibility index (Phi) is 5.28. The molecule has 0 saturated carbocycles. The lowest BCUT2D eigenvalue weighted by Crippen LogP contribution is -2.26. The summed E-state index contributed by atoms with van der Waals surface area (Å²) in [5, 5.41) is 14.5. The van der Waals surface area contributed by atoms with E-state index in [9.17, 15) is 14.4 Å². The Bertz CT molecular complexity index is 843. The van der Waals surface area contributed by atoms with Crippen molar-refractivity contribution in [3.63, 3.8) is 0 Å². The van der Waals surface area contributed by atoms with Crippen LogP contribution in [0.4, 0.5) is 11.4 Å². The van der Waals surface area contributed by atoms with Crippen molar-refractivity contribution >= 4 is 29.2 Å². The summed E-state index contributed by atoms with van der Waals surface area (Å²) in [6.07, 6.45) is 1.12. The summed E-state index contributed by atoms with van der Waals surface area (Å²) in [5.41, 5.74) is 1.30. The van der Waals surface area contributed by atoms with E-state index in [1.165, 1.54) is 24.3 Å². The second-order valence-electron chi connectivity index (χ2n) is 5.91. The second-order valence-corrected chi connectivity index (χ2v) is 5.91. The largest absolute Gasteiger partial charge is 0.478 e. The fourth-order valence-electron chi connectivity index (χ4n) is 2.68. The monoisotopic (exact) mass is 354 g/mol. The lowest BCUT2D eigenvalue weighted by atomic mass is 10.1.